The van der Waals surface area contributed by atoms with Crippen LogP contribution in [0.5, 0.6) is 0 Å². The van der Waals surface area contributed by atoms with Crippen LogP contribution in [0, 0.1) is 17.8 Å². The summed E-state index contributed by atoms with van der Waals surface area (Å²) in [6, 6.07) is 0. The van der Waals surface area contributed by atoms with Gasteiger partial charge in [-0.2, -0.15) is 0 Å². The molecule has 3 aliphatic rings. The van der Waals surface area contributed by atoms with E-state index in [1.807, 2.05) is 0 Å². The number of likely N-dealkylation sites (tertiary alicyclic amines) is 3. The summed E-state index contributed by atoms with van der Waals surface area (Å²) in [7, 11) is 0. The summed E-state index contributed by atoms with van der Waals surface area (Å²) >= 11 is 0. The van der Waals surface area contributed by atoms with Crippen molar-refractivity contribution in [2.45, 2.75) is 99.3 Å². The van der Waals surface area contributed by atoms with Gasteiger partial charge in [0, 0.05) is 19.6 Å². The summed E-state index contributed by atoms with van der Waals surface area (Å²) in [5.41, 5.74) is 0. The van der Waals surface area contributed by atoms with E-state index in [0.29, 0.717) is 0 Å². The molecule has 3 fully saturated rings. The van der Waals surface area contributed by atoms with Gasteiger partial charge in [0.25, 0.3) is 0 Å². The van der Waals surface area contributed by atoms with E-state index >= 15 is 0 Å². The Kier molecular flexibility index (Phi) is 16.2. The molecule has 0 bridgehead atoms. The molecule has 180 valence electrons. The van der Waals surface area contributed by atoms with E-state index in [9.17, 15) is 0 Å². The molecule has 0 radical (unpaired) electrons. The van der Waals surface area contributed by atoms with Crippen molar-refractivity contribution in [2.24, 2.45) is 17.8 Å². The van der Waals surface area contributed by atoms with Gasteiger partial charge in [-0.05, 0) is 95.5 Å². The topological polar surface area (TPSA) is 9.72 Å². The Bertz CT molecular complexity index is 305. The van der Waals surface area contributed by atoms with Crippen LogP contribution in [-0.4, -0.2) is 73.6 Å². The van der Waals surface area contributed by atoms with Crippen molar-refractivity contribution in [2.75, 3.05) is 58.9 Å². The summed E-state index contributed by atoms with van der Waals surface area (Å²) in [5.74, 6) is 2.54. The highest BCUT2D eigenvalue weighted by Gasteiger charge is 2.11. The van der Waals surface area contributed by atoms with Gasteiger partial charge in [-0.25, -0.2) is 0 Å². The first-order valence-electron chi connectivity index (χ1n) is 13.5. The second-order valence-corrected chi connectivity index (χ2v) is 11.3. The van der Waals surface area contributed by atoms with Crippen LogP contribution in [0.4, 0.5) is 0 Å². The van der Waals surface area contributed by atoms with E-state index in [1.165, 1.54) is 117 Å². The Hall–Kier alpha value is -0.120. The van der Waals surface area contributed by atoms with Crippen LogP contribution in [0.15, 0.2) is 0 Å². The van der Waals surface area contributed by atoms with Crippen molar-refractivity contribution in [3.8, 4) is 0 Å². The van der Waals surface area contributed by atoms with Crippen LogP contribution in [0.1, 0.15) is 99.3 Å². The highest BCUT2D eigenvalue weighted by atomic mass is 15.1. The first kappa shape index (κ1) is 27.9. The Labute approximate surface area is 191 Å². The van der Waals surface area contributed by atoms with Crippen LogP contribution < -0.4 is 0 Å². The van der Waals surface area contributed by atoms with E-state index in [2.05, 4.69) is 56.2 Å². The van der Waals surface area contributed by atoms with Crippen molar-refractivity contribution in [1.82, 2.24) is 14.7 Å². The Balaban J connectivity index is 0.000000225. The molecular formula is C27H57N3. The van der Waals surface area contributed by atoms with Crippen molar-refractivity contribution < 1.29 is 0 Å². The number of rotatable bonds is 6. The summed E-state index contributed by atoms with van der Waals surface area (Å²) in [4.78, 5) is 7.77. The zero-order valence-corrected chi connectivity index (χ0v) is 21.8. The Morgan fingerprint density at radius 1 is 0.367 bits per heavy atom. The summed E-state index contributed by atoms with van der Waals surface area (Å²) in [6.45, 7) is 25.8. The monoisotopic (exact) mass is 423 g/mol. The normalized spacial score (nSPS) is 21.9. The molecule has 0 unspecified atom stereocenters. The molecule has 30 heavy (non-hydrogen) atoms. The molecule has 0 aromatic carbocycles. The second-order valence-electron chi connectivity index (χ2n) is 11.3. The van der Waals surface area contributed by atoms with Crippen LogP contribution >= 0.6 is 0 Å². The first-order valence-corrected chi connectivity index (χ1v) is 13.5. The van der Waals surface area contributed by atoms with Gasteiger partial charge in [-0.1, -0.05) is 60.8 Å². The van der Waals surface area contributed by atoms with E-state index in [-0.39, 0.29) is 0 Å². The molecule has 3 heterocycles. The van der Waals surface area contributed by atoms with E-state index in [1.54, 1.807) is 0 Å². The fraction of sp³-hybridized carbons (Fsp3) is 1.00. The lowest BCUT2D eigenvalue weighted by molar-refractivity contribution is 0.206. The molecule has 0 aromatic rings. The maximum atomic E-state index is 2.59. The van der Waals surface area contributed by atoms with Gasteiger partial charge in [0.05, 0.1) is 0 Å². The van der Waals surface area contributed by atoms with Crippen LogP contribution in [-0.2, 0) is 0 Å². The number of hydrogen-bond acceptors (Lipinski definition) is 3. The van der Waals surface area contributed by atoms with Crippen molar-refractivity contribution in [3.63, 3.8) is 0 Å². The fourth-order valence-corrected chi connectivity index (χ4v) is 4.98. The third kappa shape index (κ3) is 15.6. The molecule has 0 N–H and O–H groups in total. The van der Waals surface area contributed by atoms with Gasteiger partial charge >= 0.3 is 0 Å². The van der Waals surface area contributed by atoms with Crippen molar-refractivity contribution in [1.29, 1.82) is 0 Å². The molecule has 3 nitrogen and oxygen atoms in total. The van der Waals surface area contributed by atoms with Gasteiger partial charge in [0.1, 0.15) is 0 Å². The standard InChI is InChI=1S/3C9H19N/c3*1-9(2)8-10-6-4-3-5-7-10/h3*9H,3-8H2,1-2H3. The van der Waals surface area contributed by atoms with Gasteiger partial charge < -0.3 is 14.7 Å². The van der Waals surface area contributed by atoms with Gasteiger partial charge in [0.15, 0.2) is 0 Å². The lowest BCUT2D eigenvalue weighted by atomic mass is 10.1. The first-order chi connectivity index (χ1) is 14.4. The highest BCUT2D eigenvalue weighted by molar-refractivity contribution is 4.67. The molecular weight excluding hydrogens is 366 g/mol. The molecule has 3 rings (SSSR count). The van der Waals surface area contributed by atoms with Crippen molar-refractivity contribution in [3.05, 3.63) is 0 Å². The van der Waals surface area contributed by atoms with Crippen LogP contribution in [0.3, 0.4) is 0 Å². The number of hydrogen-bond donors (Lipinski definition) is 0. The third-order valence-electron chi connectivity index (χ3n) is 6.22. The SMILES string of the molecule is CC(C)CN1CCCCC1.CC(C)CN1CCCCC1.CC(C)CN1CCCCC1. The van der Waals surface area contributed by atoms with Crippen molar-refractivity contribution >= 4 is 0 Å². The third-order valence-corrected chi connectivity index (χ3v) is 6.22. The molecule has 3 saturated heterocycles. The Morgan fingerprint density at radius 3 is 0.733 bits per heavy atom. The minimum atomic E-state index is 0.845. The molecule has 0 atom stereocenters. The average molecular weight is 424 g/mol. The molecule has 3 aliphatic heterocycles. The fourth-order valence-electron chi connectivity index (χ4n) is 4.98. The van der Waals surface area contributed by atoms with Crippen LogP contribution in [0.2, 0.25) is 0 Å². The molecule has 0 spiro atoms. The molecule has 0 aromatic heterocycles. The predicted molar refractivity (Wildman–Crippen MR) is 135 cm³/mol. The molecule has 0 aliphatic carbocycles. The smallest absolute Gasteiger partial charge is 0.000438 e. The minimum Gasteiger partial charge on any atom is -0.303 e. The predicted octanol–water partition coefficient (Wildman–Crippen LogP) is 6.38. The number of piperidine rings is 3. The average Bonchev–Trinajstić information content (AvgIpc) is 2.70. The molecule has 0 saturated carbocycles. The maximum absolute atomic E-state index is 2.59. The summed E-state index contributed by atoms with van der Waals surface area (Å²) in [6.07, 6.45) is 12.9. The summed E-state index contributed by atoms with van der Waals surface area (Å²) < 4.78 is 0. The summed E-state index contributed by atoms with van der Waals surface area (Å²) in [5, 5.41) is 0. The van der Waals surface area contributed by atoms with E-state index in [0.717, 1.165) is 17.8 Å². The largest absolute Gasteiger partial charge is 0.303 e. The molecule has 3 heteroatoms. The quantitative estimate of drug-likeness (QED) is 0.490. The van der Waals surface area contributed by atoms with Gasteiger partial charge in [-0.15, -0.1) is 0 Å². The lowest BCUT2D eigenvalue weighted by Gasteiger charge is -2.27. The highest BCUT2D eigenvalue weighted by Crippen LogP contribution is 2.11. The lowest BCUT2D eigenvalue weighted by Crippen LogP contribution is -2.32. The van der Waals surface area contributed by atoms with Gasteiger partial charge in [-0.3, -0.25) is 0 Å². The van der Waals surface area contributed by atoms with Crippen LogP contribution in [0.25, 0.3) is 0 Å². The number of nitrogens with zero attached hydrogens (tertiary/aromatic N) is 3. The van der Waals surface area contributed by atoms with Gasteiger partial charge in [0.2, 0.25) is 0 Å². The Morgan fingerprint density at radius 2 is 0.567 bits per heavy atom. The zero-order chi connectivity index (χ0) is 22.2. The second kappa shape index (κ2) is 17.4. The zero-order valence-electron chi connectivity index (χ0n) is 21.8. The van der Waals surface area contributed by atoms with E-state index in [4.69, 9.17) is 0 Å². The minimum absolute atomic E-state index is 0.845. The van der Waals surface area contributed by atoms with E-state index < -0.39 is 0 Å². The molecule has 0 amide bonds. The maximum Gasteiger partial charge on any atom is 0.000438 e.